The topological polar surface area (TPSA) is 44.7 Å². The quantitative estimate of drug-likeness (QED) is 0.497. The molecular formula is C20H24ClF6N3OS. The van der Waals surface area contributed by atoms with Crippen LogP contribution < -0.4 is 5.32 Å². The van der Waals surface area contributed by atoms with Crippen LogP contribution in [0.25, 0.3) is 0 Å². The summed E-state index contributed by atoms with van der Waals surface area (Å²) in [4.78, 5) is 19.0. The van der Waals surface area contributed by atoms with E-state index in [1.165, 1.54) is 18.2 Å². The first-order valence-electron chi connectivity index (χ1n) is 9.96. The molecule has 0 aromatic heterocycles. The second-order valence-corrected chi connectivity index (χ2v) is 8.81. The summed E-state index contributed by atoms with van der Waals surface area (Å²) in [6, 6.07) is 1.08. The van der Waals surface area contributed by atoms with Crippen LogP contribution in [0.1, 0.15) is 49.7 Å². The minimum absolute atomic E-state index is 0. The molecule has 1 saturated carbocycles. The van der Waals surface area contributed by atoms with E-state index < -0.39 is 35.1 Å². The molecule has 2 aliphatic rings. The number of hydrogen-bond donors (Lipinski definition) is 1. The lowest BCUT2D eigenvalue weighted by molar-refractivity contribution is -0.143. The Hall–Kier alpha value is -1.62. The molecule has 32 heavy (non-hydrogen) atoms. The van der Waals surface area contributed by atoms with E-state index in [2.05, 4.69) is 5.32 Å². The number of aliphatic imine (C=N–C) groups is 1. The zero-order valence-corrected chi connectivity index (χ0v) is 18.9. The van der Waals surface area contributed by atoms with Crippen molar-refractivity contribution in [2.45, 2.75) is 63.0 Å². The van der Waals surface area contributed by atoms with Crippen LogP contribution in [0.15, 0.2) is 23.2 Å². The highest BCUT2D eigenvalue weighted by molar-refractivity contribution is 8.14. The van der Waals surface area contributed by atoms with Crippen molar-refractivity contribution in [1.29, 1.82) is 0 Å². The smallest absolute Gasteiger partial charge is 0.350 e. The van der Waals surface area contributed by atoms with Gasteiger partial charge in [0.25, 0.3) is 0 Å². The van der Waals surface area contributed by atoms with Gasteiger partial charge in [-0.3, -0.25) is 9.79 Å². The van der Waals surface area contributed by atoms with Crippen LogP contribution in [0, 0.1) is 0 Å². The van der Waals surface area contributed by atoms with Crippen LogP contribution >= 0.6 is 24.2 Å². The first-order valence-corrected chi connectivity index (χ1v) is 10.9. The largest absolute Gasteiger partial charge is 0.416 e. The fourth-order valence-corrected chi connectivity index (χ4v) is 4.94. The van der Waals surface area contributed by atoms with Gasteiger partial charge in [0.2, 0.25) is 5.91 Å². The third-order valence-electron chi connectivity index (χ3n) is 5.41. The summed E-state index contributed by atoms with van der Waals surface area (Å²) >= 11 is 1.51. The predicted molar refractivity (Wildman–Crippen MR) is 115 cm³/mol. The summed E-state index contributed by atoms with van der Waals surface area (Å²) in [5.41, 5.74) is -3.46. The molecule has 1 aromatic rings. The molecule has 1 heterocycles. The van der Waals surface area contributed by atoms with E-state index in [1.54, 1.807) is 7.05 Å². The lowest BCUT2D eigenvalue weighted by atomic mass is 9.96. The number of hydrogen-bond acceptors (Lipinski definition) is 3. The molecule has 1 aliphatic carbocycles. The van der Waals surface area contributed by atoms with Gasteiger partial charge >= 0.3 is 12.4 Å². The zero-order valence-electron chi connectivity index (χ0n) is 17.2. The van der Waals surface area contributed by atoms with Gasteiger partial charge in [0.15, 0.2) is 5.17 Å². The minimum Gasteiger partial charge on any atom is -0.350 e. The Morgan fingerprint density at radius 2 is 1.62 bits per heavy atom. The number of carbonyl (C=O) groups is 1. The first-order chi connectivity index (χ1) is 14.4. The van der Waals surface area contributed by atoms with Gasteiger partial charge in [-0.2, -0.15) is 26.3 Å². The molecule has 12 heteroatoms. The van der Waals surface area contributed by atoms with Crippen LogP contribution in [0.4, 0.5) is 32.0 Å². The van der Waals surface area contributed by atoms with Gasteiger partial charge in [-0.05, 0) is 31.0 Å². The first kappa shape index (κ1) is 26.6. The van der Waals surface area contributed by atoms with Crippen molar-refractivity contribution in [2.75, 3.05) is 18.1 Å². The van der Waals surface area contributed by atoms with E-state index in [0.29, 0.717) is 17.9 Å². The number of nitrogens with one attached hydrogen (secondary N) is 1. The van der Waals surface area contributed by atoms with Gasteiger partial charge in [-0.15, -0.1) is 12.4 Å². The SMILES string of the molecule is CN1C(=NC2CCCCC2)SCC1CC(=O)Nc1cc(C(F)(F)F)cc(C(F)(F)F)c1.Cl. The van der Waals surface area contributed by atoms with E-state index >= 15 is 0 Å². The molecule has 0 bridgehead atoms. The molecule has 1 unspecified atom stereocenters. The van der Waals surface area contributed by atoms with Gasteiger partial charge < -0.3 is 10.2 Å². The third-order valence-corrected chi connectivity index (χ3v) is 6.62. The maximum absolute atomic E-state index is 13.0. The van der Waals surface area contributed by atoms with Crippen molar-refractivity contribution in [3.05, 3.63) is 29.3 Å². The van der Waals surface area contributed by atoms with E-state index in [-0.39, 0.29) is 37.0 Å². The van der Waals surface area contributed by atoms with Crippen molar-refractivity contribution >= 4 is 40.9 Å². The number of alkyl halides is 6. The average molecular weight is 504 g/mol. The van der Waals surface area contributed by atoms with Crippen LogP contribution in [-0.2, 0) is 17.1 Å². The second-order valence-electron chi connectivity index (χ2n) is 7.83. The van der Waals surface area contributed by atoms with Crippen molar-refractivity contribution in [3.8, 4) is 0 Å². The van der Waals surface area contributed by atoms with Gasteiger partial charge in [0.1, 0.15) is 0 Å². The number of amides is 1. The van der Waals surface area contributed by atoms with E-state index in [1.807, 2.05) is 4.90 Å². The average Bonchev–Trinajstić information content (AvgIpc) is 3.00. The standard InChI is InChI=1S/C20H23F6N3OS.ClH/c1-29-16(11-31-18(29)28-14-5-3-2-4-6-14)10-17(30)27-15-8-12(19(21,22)23)7-13(9-15)20(24,25)26;/h7-9,14,16H,2-6,10-11H2,1H3,(H,27,30);1H. The number of carbonyl (C=O) groups excluding carboxylic acids is 1. The highest BCUT2D eigenvalue weighted by Gasteiger charge is 2.37. The fourth-order valence-electron chi connectivity index (χ4n) is 3.68. The summed E-state index contributed by atoms with van der Waals surface area (Å²) in [5, 5.41) is 3.02. The second kappa shape index (κ2) is 10.5. The summed E-state index contributed by atoms with van der Waals surface area (Å²) in [6.45, 7) is 0. The number of halogens is 7. The molecule has 1 atom stereocenters. The maximum Gasteiger partial charge on any atom is 0.416 e. The number of amidine groups is 1. The zero-order chi connectivity index (χ0) is 22.8. The van der Waals surface area contributed by atoms with E-state index in [9.17, 15) is 31.1 Å². The highest BCUT2D eigenvalue weighted by atomic mass is 35.5. The predicted octanol–water partition coefficient (Wildman–Crippen LogP) is 6.21. The van der Waals surface area contributed by atoms with Crippen molar-refractivity contribution in [3.63, 3.8) is 0 Å². The Balaban J connectivity index is 0.00000363. The third kappa shape index (κ3) is 6.94. The summed E-state index contributed by atoms with van der Waals surface area (Å²) in [7, 11) is 1.80. The highest BCUT2D eigenvalue weighted by Crippen LogP contribution is 2.37. The molecule has 1 N–H and O–H groups in total. The molecule has 2 fully saturated rings. The number of benzene rings is 1. The fraction of sp³-hybridized carbons (Fsp3) is 0.600. The van der Waals surface area contributed by atoms with Crippen LogP contribution in [0.2, 0.25) is 0 Å². The maximum atomic E-state index is 13.0. The van der Waals surface area contributed by atoms with Crippen molar-refractivity contribution in [2.24, 2.45) is 4.99 Å². The molecular weight excluding hydrogens is 480 g/mol. The van der Waals surface area contributed by atoms with Gasteiger partial charge in [0, 0.05) is 31.0 Å². The van der Waals surface area contributed by atoms with Gasteiger partial charge in [0.05, 0.1) is 17.2 Å². The monoisotopic (exact) mass is 503 g/mol. The Morgan fingerprint density at radius 1 is 1.06 bits per heavy atom. The lowest BCUT2D eigenvalue weighted by Crippen LogP contribution is -2.34. The molecule has 1 amide bonds. The molecule has 0 spiro atoms. The molecule has 0 radical (unpaired) electrons. The molecule has 1 saturated heterocycles. The minimum atomic E-state index is -4.96. The lowest BCUT2D eigenvalue weighted by Gasteiger charge is -2.23. The van der Waals surface area contributed by atoms with Crippen LogP contribution in [-0.4, -0.2) is 40.9 Å². The summed E-state index contributed by atoms with van der Waals surface area (Å²) < 4.78 is 77.9. The van der Waals surface area contributed by atoms with Crippen molar-refractivity contribution < 1.29 is 31.1 Å². The number of nitrogens with zero attached hydrogens (tertiary/aromatic N) is 2. The molecule has 1 aliphatic heterocycles. The molecule has 3 rings (SSSR count). The van der Waals surface area contributed by atoms with E-state index in [0.717, 1.165) is 30.9 Å². The van der Waals surface area contributed by atoms with Crippen molar-refractivity contribution in [1.82, 2.24) is 4.90 Å². The molecule has 180 valence electrons. The Labute approximate surface area is 192 Å². The van der Waals surface area contributed by atoms with Crippen LogP contribution in [0.5, 0.6) is 0 Å². The van der Waals surface area contributed by atoms with Gasteiger partial charge in [-0.25, -0.2) is 0 Å². The summed E-state index contributed by atoms with van der Waals surface area (Å²) in [5.74, 6) is -0.0740. The summed E-state index contributed by atoms with van der Waals surface area (Å²) in [6.07, 6.45) is -4.46. The van der Waals surface area contributed by atoms with E-state index in [4.69, 9.17) is 4.99 Å². The molecule has 1 aromatic carbocycles. The van der Waals surface area contributed by atoms with Crippen LogP contribution in [0.3, 0.4) is 0 Å². The number of thioether (sulfide) groups is 1. The normalized spacial score (nSPS) is 21.5. The Bertz CT molecular complexity index is 807. The molecule has 4 nitrogen and oxygen atoms in total. The Kier molecular flexibility index (Phi) is 8.77. The number of anilines is 1. The number of rotatable bonds is 4. The Morgan fingerprint density at radius 3 is 2.16 bits per heavy atom. The van der Waals surface area contributed by atoms with Gasteiger partial charge in [-0.1, -0.05) is 31.0 Å².